The van der Waals surface area contributed by atoms with Crippen LogP contribution in [0.4, 0.5) is 0 Å². The molecule has 0 amide bonds. The van der Waals surface area contributed by atoms with Gasteiger partial charge in [0.25, 0.3) is 0 Å². The molecule has 0 saturated heterocycles. The van der Waals surface area contributed by atoms with Gasteiger partial charge >= 0.3 is 0 Å². The maximum Gasteiger partial charge on any atom is 0.216 e. The van der Waals surface area contributed by atoms with Gasteiger partial charge in [-0.25, -0.2) is 13.1 Å². The summed E-state index contributed by atoms with van der Waals surface area (Å²) in [5.41, 5.74) is 1.23. The average molecular weight is 388 g/mol. The van der Waals surface area contributed by atoms with E-state index in [-0.39, 0.29) is 18.4 Å². The molecule has 0 heterocycles. The highest BCUT2D eigenvalue weighted by Crippen LogP contribution is 2.26. The Morgan fingerprint density at radius 1 is 1.04 bits per heavy atom. The quantitative estimate of drug-likeness (QED) is 0.765. The summed E-state index contributed by atoms with van der Waals surface area (Å²) in [7, 11) is -3.56. The topological polar surface area (TPSA) is 55.4 Å². The van der Waals surface area contributed by atoms with Gasteiger partial charge in [-0.1, -0.05) is 41.4 Å². The summed E-state index contributed by atoms with van der Waals surface area (Å²) < 4.78 is 32.6. The van der Waals surface area contributed by atoms with Crippen LogP contribution in [-0.2, 0) is 22.3 Å². The second-order valence-electron chi connectivity index (χ2n) is 5.59. The monoisotopic (exact) mass is 387 g/mol. The summed E-state index contributed by atoms with van der Waals surface area (Å²) in [6, 6.07) is 12.2. The molecule has 4 nitrogen and oxygen atoms in total. The van der Waals surface area contributed by atoms with Crippen molar-refractivity contribution in [3.05, 3.63) is 63.6 Å². The van der Waals surface area contributed by atoms with E-state index < -0.39 is 10.0 Å². The minimum Gasteiger partial charge on any atom is -0.491 e. The van der Waals surface area contributed by atoms with Gasteiger partial charge in [-0.2, -0.15) is 0 Å². The Morgan fingerprint density at radius 2 is 1.62 bits per heavy atom. The fourth-order valence-electron chi connectivity index (χ4n) is 2.06. The van der Waals surface area contributed by atoms with E-state index in [0.29, 0.717) is 15.6 Å². The summed E-state index contributed by atoms with van der Waals surface area (Å²) in [5, 5.41) is 0.672. The predicted octanol–water partition coefficient (Wildman–Crippen LogP) is 4.40. The first kappa shape index (κ1) is 19.1. The van der Waals surface area contributed by atoms with Gasteiger partial charge in [0.2, 0.25) is 10.0 Å². The number of sulfonamides is 1. The van der Waals surface area contributed by atoms with E-state index in [4.69, 9.17) is 27.9 Å². The van der Waals surface area contributed by atoms with E-state index in [2.05, 4.69) is 4.72 Å². The molecule has 0 bridgehead atoms. The molecule has 0 radical (unpaired) electrons. The molecular weight excluding hydrogens is 369 g/mol. The van der Waals surface area contributed by atoms with E-state index >= 15 is 0 Å². The van der Waals surface area contributed by atoms with Crippen molar-refractivity contribution in [1.82, 2.24) is 4.72 Å². The van der Waals surface area contributed by atoms with Crippen LogP contribution in [0.5, 0.6) is 5.75 Å². The lowest BCUT2D eigenvalue weighted by Crippen LogP contribution is -2.25. The van der Waals surface area contributed by atoms with Gasteiger partial charge < -0.3 is 4.74 Å². The van der Waals surface area contributed by atoms with Gasteiger partial charge in [-0.15, -0.1) is 0 Å². The zero-order valence-electron chi connectivity index (χ0n) is 13.4. The molecule has 2 rings (SSSR count). The van der Waals surface area contributed by atoms with Crippen LogP contribution in [0.2, 0.25) is 10.0 Å². The maximum absolute atomic E-state index is 12.2. The lowest BCUT2D eigenvalue weighted by molar-refractivity contribution is 0.242. The van der Waals surface area contributed by atoms with Crippen LogP contribution in [0.1, 0.15) is 25.0 Å². The van der Waals surface area contributed by atoms with Crippen LogP contribution < -0.4 is 9.46 Å². The summed E-state index contributed by atoms with van der Waals surface area (Å²) >= 11 is 12.0. The van der Waals surface area contributed by atoms with Crippen molar-refractivity contribution in [2.45, 2.75) is 32.2 Å². The zero-order chi connectivity index (χ0) is 17.7. The van der Waals surface area contributed by atoms with Crippen molar-refractivity contribution in [1.29, 1.82) is 0 Å². The number of hydrogen-bond acceptors (Lipinski definition) is 3. The van der Waals surface area contributed by atoms with Gasteiger partial charge in [0.1, 0.15) is 5.75 Å². The third-order valence-electron chi connectivity index (χ3n) is 3.19. The third-order valence-corrected chi connectivity index (χ3v) is 5.15. The van der Waals surface area contributed by atoms with Crippen molar-refractivity contribution in [2.24, 2.45) is 0 Å². The Kier molecular flexibility index (Phi) is 6.52. The molecule has 0 spiro atoms. The molecular formula is C17H19Cl2NO3S. The number of nitrogens with one attached hydrogen (secondary N) is 1. The normalized spacial score (nSPS) is 11.7. The largest absolute Gasteiger partial charge is 0.491 e. The Morgan fingerprint density at radius 3 is 2.17 bits per heavy atom. The smallest absolute Gasteiger partial charge is 0.216 e. The average Bonchev–Trinajstić information content (AvgIpc) is 2.50. The minimum absolute atomic E-state index is 0.0923. The molecule has 0 saturated carbocycles. The van der Waals surface area contributed by atoms with Crippen LogP contribution in [0, 0.1) is 0 Å². The first-order chi connectivity index (χ1) is 11.3. The van der Waals surface area contributed by atoms with Gasteiger partial charge in [0, 0.05) is 22.2 Å². The standard InChI is InChI=1S/C17H19Cl2NO3S/c1-12(2)23-14-8-6-13(7-9-14)10-20-24(21,22)11-15-16(18)4-3-5-17(15)19/h3-9,12,20H,10-11H2,1-2H3. The molecule has 0 aliphatic carbocycles. The fraction of sp³-hybridized carbons (Fsp3) is 0.294. The van der Waals surface area contributed by atoms with Gasteiger partial charge in [-0.05, 0) is 43.7 Å². The van der Waals surface area contributed by atoms with Crippen molar-refractivity contribution >= 4 is 33.2 Å². The Balaban J connectivity index is 2.00. The second-order valence-corrected chi connectivity index (χ2v) is 8.21. The molecule has 0 aromatic heterocycles. The van der Waals surface area contributed by atoms with Crippen molar-refractivity contribution in [3.8, 4) is 5.75 Å². The molecule has 24 heavy (non-hydrogen) atoms. The Bertz CT molecular complexity index is 770. The molecule has 2 aromatic carbocycles. The molecule has 0 aliphatic heterocycles. The van der Waals surface area contributed by atoms with Gasteiger partial charge in [-0.3, -0.25) is 0 Å². The minimum atomic E-state index is -3.56. The summed E-state index contributed by atoms with van der Waals surface area (Å²) in [6.07, 6.45) is 0.0923. The van der Waals surface area contributed by atoms with E-state index in [1.807, 2.05) is 38.1 Å². The molecule has 1 N–H and O–H groups in total. The number of halogens is 2. The summed E-state index contributed by atoms with van der Waals surface area (Å²) in [4.78, 5) is 0. The molecule has 0 atom stereocenters. The van der Waals surface area contributed by atoms with E-state index in [9.17, 15) is 8.42 Å². The van der Waals surface area contributed by atoms with E-state index in [1.54, 1.807) is 18.2 Å². The molecule has 0 fully saturated rings. The second kappa shape index (κ2) is 8.21. The molecule has 7 heteroatoms. The van der Waals surface area contributed by atoms with E-state index in [1.165, 1.54) is 0 Å². The molecule has 2 aromatic rings. The van der Waals surface area contributed by atoms with Crippen LogP contribution in [-0.4, -0.2) is 14.5 Å². The first-order valence-electron chi connectivity index (χ1n) is 7.42. The number of benzene rings is 2. The Labute approximate surface area is 152 Å². The molecule has 130 valence electrons. The lowest BCUT2D eigenvalue weighted by Gasteiger charge is -2.11. The third kappa shape index (κ3) is 5.67. The van der Waals surface area contributed by atoms with E-state index in [0.717, 1.165) is 11.3 Å². The fourth-order valence-corrected chi connectivity index (χ4v) is 3.93. The van der Waals surface area contributed by atoms with Crippen molar-refractivity contribution in [2.75, 3.05) is 0 Å². The number of hydrogen-bond donors (Lipinski definition) is 1. The number of rotatable bonds is 7. The molecule has 0 unspecified atom stereocenters. The maximum atomic E-state index is 12.2. The summed E-state index contributed by atoms with van der Waals surface area (Å²) in [6.45, 7) is 4.08. The summed E-state index contributed by atoms with van der Waals surface area (Å²) in [5.74, 6) is 0.486. The van der Waals surface area contributed by atoms with Crippen LogP contribution in [0.15, 0.2) is 42.5 Å². The SMILES string of the molecule is CC(C)Oc1ccc(CNS(=O)(=O)Cc2c(Cl)cccc2Cl)cc1. The van der Waals surface area contributed by atoms with Crippen LogP contribution in [0.3, 0.4) is 0 Å². The zero-order valence-corrected chi connectivity index (χ0v) is 15.8. The van der Waals surface area contributed by atoms with Crippen LogP contribution >= 0.6 is 23.2 Å². The highest BCUT2D eigenvalue weighted by molar-refractivity contribution is 7.88. The number of ether oxygens (including phenoxy) is 1. The Hall–Kier alpha value is -1.27. The van der Waals surface area contributed by atoms with Crippen molar-refractivity contribution in [3.63, 3.8) is 0 Å². The predicted molar refractivity (Wildman–Crippen MR) is 98.1 cm³/mol. The highest BCUT2D eigenvalue weighted by Gasteiger charge is 2.16. The van der Waals surface area contributed by atoms with Gasteiger partial charge in [0.15, 0.2) is 0 Å². The van der Waals surface area contributed by atoms with Crippen molar-refractivity contribution < 1.29 is 13.2 Å². The molecule has 0 aliphatic rings. The highest BCUT2D eigenvalue weighted by atomic mass is 35.5. The van der Waals surface area contributed by atoms with Gasteiger partial charge in [0.05, 0.1) is 11.9 Å². The first-order valence-corrected chi connectivity index (χ1v) is 9.83. The lowest BCUT2D eigenvalue weighted by atomic mass is 10.2. The van der Waals surface area contributed by atoms with Crippen LogP contribution in [0.25, 0.3) is 0 Å².